The lowest BCUT2D eigenvalue weighted by Gasteiger charge is -2.18. The zero-order valence-corrected chi connectivity index (χ0v) is 20.8. The van der Waals surface area contributed by atoms with Crippen LogP contribution in [0.15, 0.2) is 53.5 Å². The summed E-state index contributed by atoms with van der Waals surface area (Å²) in [5.74, 6) is 0.484. The van der Waals surface area contributed by atoms with Crippen LogP contribution < -0.4 is 10.6 Å². The van der Waals surface area contributed by atoms with Crippen LogP contribution in [0.1, 0.15) is 43.0 Å². The first-order valence-corrected chi connectivity index (χ1v) is 11.7. The SMILES string of the molecule is CCNC(=NCCCS(=O)(=O)Cc1ccccc1)NC(C)c1ccc(C)c(F)c1.I. The standard InChI is InChI=1S/C22H30FN3O2S.HI/c1-4-24-22(26-18(3)20-12-11-17(2)21(23)15-20)25-13-8-14-29(27,28)16-19-9-6-5-7-10-19;/h5-7,9-12,15,18H,4,8,13-14,16H2,1-3H3,(H2,24,25,26);1H. The molecule has 5 nitrogen and oxygen atoms in total. The minimum atomic E-state index is -3.17. The van der Waals surface area contributed by atoms with Crippen LogP contribution in [0.4, 0.5) is 4.39 Å². The topological polar surface area (TPSA) is 70.6 Å². The molecule has 0 radical (unpaired) electrons. The second kappa shape index (κ2) is 12.9. The van der Waals surface area contributed by atoms with Gasteiger partial charge in [0.2, 0.25) is 0 Å². The Labute approximate surface area is 196 Å². The number of benzene rings is 2. The van der Waals surface area contributed by atoms with Gasteiger partial charge in [0.1, 0.15) is 5.82 Å². The Hall–Kier alpha value is -1.68. The molecule has 0 fully saturated rings. The van der Waals surface area contributed by atoms with Crippen LogP contribution in [0.5, 0.6) is 0 Å². The number of nitrogens with zero attached hydrogens (tertiary/aromatic N) is 1. The summed E-state index contributed by atoms with van der Waals surface area (Å²) < 4.78 is 38.4. The van der Waals surface area contributed by atoms with Gasteiger partial charge in [0.05, 0.1) is 17.5 Å². The number of halogens is 2. The molecule has 1 atom stereocenters. The molecular formula is C22H31FIN3O2S. The number of rotatable bonds is 9. The quantitative estimate of drug-likeness (QED) is 0.212. The Kier molecular flexibility index (Phi) is 11.3. The third-order valence-electron chi connectivity index (χ3n) is 4.51. The van der Waals surface area contributed by atoms with Gasteiger partial charge in [0, 0.05) is 13.1 Å². The molecule has 1 unspecified atom stereocenters. The van der Waals surface area contributed by atoms with E-state index in [0.29, 0.717) is 31.0 Å². The molecular weight excluding hydrogens is 516 g/mol. The highest BCUT2D eigenvalue weighted by atomic mass is 127. The maximum atomic E-state index is 13.8. The molecule has 0 aliphatic carbocycles. The van der Waals surface area contributed by atoms with E-state index in [1.807, 2.05) is 50.2 Å². The highest BCUT2D eigenvalue weighted by Crippen LogP contribution is 2.16. The van der Waals surface area contributed by atoms with E-state index in [-0.39, 0.29) is 47.3 Å². The molecule has 2 N–H and O–H groups in total. The second-order valence-corrected chi connectivity index (χ2v) is 9.25. The van der Waals surface area contributed by atoms with Crippen molar-refractivity contribution in [1.29, 1.82) is 0 Å². The lowest BCUT2D eigenvalue weighted by Crippen LogP contribution is -2.38. The van der Waals surface area contributed by atoms with E-state index in [0.717, 1.165) is 11.1 Å². The van der Waals surface area contributed by atoms with Crippen molar-refractivity contribution in [3.63, 3.8) is 0 Å². The van der Waals surface area contributed by atoms with E-state index in [1.165, 1.54) is 6.07 Å². The Morgan fingerprint density at radius 3 is 2.50 bits per heavy atom. The lowest BCUT2D eigenvalue weighted by molar-refractivity contribution is 0.592. The molecule has 166 valence electrons. The summed E-state index contributed by atoms with van der Waals surface area (Å²) in [5, 5.41) is 6.38. The average molecular weight is 547 g/mol. The highest BCUT2D eigenvalue weighted by molar-refractivity contribution is 14.0. The van der Waals surface area contributed by atoms with Crippen LogP contribution in [0, 0.1) is 12.7 Å². The van der Waals surface area contributed by atoms with E-state index < -0.39 is 9.84 Å². The van der Waals surface area contributed by atoms with Crippen LogP contribution in [-0.4, -0.2) is 33.2 Å². The molecule has 0 heterocycles. The van der Waals surface area contributed by atoms with E-state index in [2.05, 4.69) is 15.6 Å². The highest BCUT2D eigenvalue weighted by Gasteiger charge is 2.12. The zero-order chi connectivity index (χ0) is 21.3. The Bertz CT molecular complexity index is 921. The van der Waals surface area contributed by atoms with E-state index >= 15 is 0 Å². The summed E-state index contributed by atoms with van der Waals surface area (Å²) in [7, 11) is -3.17. The fraction of sp³-hybridized carbons (Fsp3) is 0.409. The molecule has 0 amide bonds. The van der Waals surface area contributed by atoms with Crippen molar-refractivity contribution in [2.24, 2.45) is 4.99 Å². The molecule has 0 spiro atoms. The minimum Gasteiger partial charge on any atom is -0.357 e. The Morgan fingerprint density at radius 2 is 1.87 bits per heavy atom. The van der Waals surface area contributed by atoms with Gasteiger partial charge in [-0.3, -0.25) is 4.99 Å². The van der Waals surface area contributed by atoms with Gasteiger partial charge in [-0.15, -0.1) is 24.0 Å². The second-order valence-electron chi connectivity index (χ2n) is 7.07. The maximum Gasteiger partial charge on any atom is 0.191 e. The Morgan fingerprint density at radius 1 is 1.17 bits per heavy atom. The average Bonchev–Trinajstić information content (AvgIpc) is 2.68. The van der Waals surface area contributed by atoms with Gasteiger partial charge in [-0.2, -0.15) is 0 Å². The van der Waals surface area contributed by atoms with Crippen molar-refractivity contribution in [2.45, 2.75) is 39.0 Å². The monoisotopic (exact) mass is 547 g/mol. The molecule has 2 aromatic rings. The van der Waals surface area contributed by atoms with Gasteiger partial charge in [-0.25, -0.2) is 12.8 Å². The first-order valence-electron chi connectivity index (χ1n) is 9.86. The van der Waals surface area contributed by atoms with Crippen molar-refractivity contribution in [1.82, 2.24) is 10.6 Å². The fourth-order valence-electron chi connectivity index (χ4n) is 2.86. The predicted molar refractivity (Wildman–Crippen MR) is 133 cm³/mol. The summed E-state index contributed by atoms with van der Waals surface area (Å²) in [6.07, 6.45) is 0.444. The van der Waals surface area contributed by atoms with Crippen molar-refractivity contribution in [2.75, 3.05) is 18.8 Å². The summed E-state index contributed by atoms with van der Waals surface area (Å²) in [4.78, 5) is 4.47. The van der Waals surface area contributed by atoms with Gasteiger partial charge in [-0.1, -0.05) is 42.5 Å². The molecule has 0 saturated carbocycles. The van der Waals surface area contributed by atoms with E-state index in [1.54, 1.807) is 13.0 Å². The summed E-state index contributed by atoms with van der Waals surface area (Å²) in [5.41, 5.74) is 2.23. The molecule has 2 aromatic carbocycles. The van der Waals surface area contributed by atoms with Crippen molar-refractivity contribution in [3.05, 3.63) is 71.0 Å². The van der Waals surface area contributed by atoms with Crippen LogP contribution in [0.3, 0.4) is 0 Å². The molecule has 0 bridgehead atoms. The third kappa shape index (κ3) is 8.99. The van der Waals surface area contributed by atoms with Crippen LogP contribution in [0.2, 0.25) is 0 Å². The third-order valence-corrected chi connectivity index (χ3v) is 6.19. The fourth-order valence-corrected chi connectivity index (χ4v) is 4.28. The van der Waals surface area contributed by atoms with Gasteiger partial charge < -0.3 is 10.6 Å². The van der Waals surface area contributed by atoms with E-state index in [4.69, 9.17) is 0 Å². The first-order chi connectivity index (χ1) is 13.8. The summed E-state index contributed by atoms with van der Waals surface area (Å²) in [6, 6.07) is 14.2. The van der Waals surface area contributed by atoms with Crippen LogP contribution >= 0.6 is 24.0 Å². The number of aliphatic imine (C=N–C) groups is 1. The number of guanidine groups is 1. The van der Waals surface area contributed by atoms with Crippen molar-refractivity contribution >= 4 is 39.8 Å². The normalized spacial score (nSPS) is 12.7. The molecule has 8 heteroatoms. The number of nitrogens with one attached hydrogen (secondary N) is 2. The van der Waals surface area contributed by atoms with E-state index in [9.17, 15) is 12.8 Å². The van der Waals surface area contributed by atoms with Crippen LogP contribution in [-0.2, 0) is 15.6 Å². The smallest absolute Gasteiger partial charge is 0.191 e. The molecule has 30 heavy (non-hydrogen) atoms. The minimum absolute atomic E-state index is 0. The molecule has 0 aliphatic rings. The molecule has 2 rings (SSSR count). The van der Waals surface area contributed by atoms with Crippen molar-refractivity contribution in [3.8, 4) is 0 Å². The maximum absolute atomic E-state index is 13.8. The zero-order valence-electron chi connectivity index (χ0n) is 17.7. The molecule has 0 aromatic heterocycles. The summed E-state index contributed by atoms with van der Waals surface area (Å²) >= 11 is 0. The van der Waals surface area contributed by atoms with Crippen molar-refractivity contribution < 1.29 is 12.8 Å². The number of hydrogen-bond donors (Lipinski definition) is 2. The molecule has 0 saturated heterocycles. The first kappa shape index (κ1) is 26.4. The van der Waals surface area contributed by atoms with Gasteiger partial charge in [0.15, 0.2) is 15.8 Å². The van der Waals surface area contributed by atoms with Gasteiger partial charge in [-0.05, 0) is 49.9 Å². The number of hydrogen-bond acceptors (Lipinski definition) is 3. The largest absolute Gasteiger partial charge is 0.357 e. The van der Waals surface area contributed by atoms with Crippen LogP contribution in [0.25, 0.3) is 0 Å². The lowest BCUT2D eigenvalue weighted by atomic mass is 10.1. The number of sulfone groups is 1. The van der Waals surface area contributed by atoms with Gasteiger partial charge in [0.25, 0.3) is 0 Å². The van der Waals surface area contributed by atoms with Gasteiger partial charge >= 0.3 is 0 Å². The molecule has 0 aliphatic heterocycles. The summed E-state index contributed by atoms with van der Waals surface area (Å²) in [6.45, 7) is 6.68. The Balaban J connectivity index is 0.00000450. The predicted octanol–water partition coefficient (Wildman–Crippen LogP) is 4.37. The number of aryl methyl sites for hydroxylation is 1.